The lowest BCUT2D eigenvalue weighted by Crippen LogP contribution is -2.36. The van der Waals surface area contributed by atoms with E-state index >= 15 is 0 Å². The molecular formula is C14H18F3NO. The monoisotopic (exact) mass is 273 g/mol. The summed E-state index contributed by atoms with van der Waals surface area (Å²) in [7, 11) is 0. The Morgan fingerprint density at radius 2 is 1.79 bits per heavy atom. The Morgan fingerprint density at radius 3 is 2.32 bits per heavy atom. The van der Waals surface area contributed by atoms with Crippen LogP contribution in [0.2, 0.25) is 0 Å². The van der Waals surface area contributed by atoms with Gasteiger partial charge in [0.15, 0.2) is 0 Å². The van der Waals surface area contributed by atoms with Crippen LogP contribution in [-0.4, -0.2) is 26.3 Å². The fourth-order valence-electron chi connectivity index (χ4n) is 2.30. The average Bonchev–Trinajstić information content (AvgIpc) is 2.38. The molecule has 0 N–H and O–H groups in total. The summed E-state index contributed by atoms with van der Waals surface area (Å²) in [4.78, 5) is 2.07. The van der Waals surface area contributed by atoms with E-state index in [0.717, 1.165) is 18.8 Å². The number of morpholine rings is 1. The summed E-state index contributed by atoms with van der Waals surface area (Å²) in [6, 6.07) is 4.42. The summed E-state index contributed by atoms with van der Waals surface area (Å²) in [5.74, 6) is -0.155. The Bertz CT molecular complexity index is 437. The standard InChI is InChI=1S/C14H18F3NO/c1-10(2)12-9-11(18-5-7-19-8-6-18)3-4-13(12)14(15,16)17/h3-4,9-10H,5-8H2,1-2H3. The van der Waals surface area contributed by atoms with Crippen LogP contribution in [0, 0.1) is 0 Å². The van der Waals surface area contributed by atoms with Crippen LogP contribution in [0.5, 0.6) is 0 Å². The second kappa shape index (κ2) is 5.41. The highest BCUT2D eigenvalue weighted by Crippen LogP contribution is 2.37. The molecule has 0 bridgehead atoms. The molecule has 0 radical (unpaired) electrons. The molecule has 1 aliphatic heterocycles. The lowest BCUT2D eigenvalue weighted by atomic mass is 9.96. The van der Waals surface area contributed by atoms with E-state index in [9.17, 15) is 13.2 Å². The van der Waals surface area contributed by atoms with E-state index < -0.39 is 11.7 Å². The first-order valence-corrected chi connectivity index (χ1v) is 6.43. The minimum absolute atomic E-state index is 0.155. The normalized spacial score (nSPS) is 17.1. The average molecular weight is 273 g/mol. The number of alkyl halides is 3. The minimum atomic E-state index is -4.29. The second-order valence-electron chi connectivity index (χ2n) is 5.02. The molecule has 0 amide bonds. The van der Waals surface area contributed by atoms with E-state index in [1.807, 2.05) is 0 Å². The van der Waals surface area contributed by atoms with Crippen molar-refractivity contribution in [3.05, 3.63) is 29.3 Å². The Kier molecular flexibility index (Phi) is 4.04. The van der Waals surface area contributed by atoms with E-state index in [4.69, 9.17) is 4.74 Å². The lowest BCUT2D eigenvalue weighted by molar-refractivity contribution is -0.138. The van der Waals surface area contributed by atoms with Gasteiger partial charge < -0.3 is 9.64 Å². The van der Waals surface area contributed by atoms with Gasteiger partial charge in [0, 0.05) is 18.8 Å². The molecule has 2 rings (SSSR count). The number of hydrogen-bond acceptors (Lipinski definition) is 2. The quantitative estimate of drug-likeness (QED) is 0.815. The van der Waals surface area contributed by atoms with Crippen molar-refractivity contribution in [3.8, 4) is 0 Å². The largest absolute Gasteiger partial charge is 0.416 e. The van der Waals surface area contributed by atoms with Gasteiger partial charge in [-0.3, -0.25) is 0 Å². The molecule has 1 aliphatic rings. The van der Waals surface area contributed by atoms with Gasteiger partial charge in [-0.2, -0.15) is 13.2 Å². The Balaban J connectivity index is 2.35. The van der Waals surface area contributed by atoms with Gasteiger partial charge in [-0.05, 0) is 29.7 Å². The molecule has 1 aromatic rings. The first kappa shape index (κ1) is 14.2. The Hall–Kier alpha value is -1.23. The number of halogens is 3. The summed E-state index contributed by atoms with van der Waals surface area (Å²) in [6.45, 7) is 6.27. The van der Waals surface area contributed by atoms with Crippen LogP contribution in [-0.2, 0) is 10.9 Å². The summed E-state index contributed by atoms with van der Waals surface area (Å²) in [6.07, 6.45) is -4.29. The minimum Gasteiger partial charge on any atom is -0.378 e. The first-order chi connectivity index (χ1) is 8.89. The zero-order valence-electron chi connectivity index (χ0n) is 11.1. The van der Waals surface area contributed by atoms with Crippen molar-refractivity contribution in [3.63, 3.8) is 0 Å². The lowest BCUT2D eigenvalue weighted by Gasteiger charge is -2.30. The Morgan fingerprint density at radius 1 is 1.16 bits per heavy atom. The molecule has 0 saturated carbocycles. The third-order valence-corrected chi connectivity index (χ3v) is 3.34. The third-order valence-electron chi connectivity index (χ3n) is 3.34. The molecule has 0 atom stereocenters. The molecule has 1 fully saturated rings. The zero-order chi connectivity index (χ0) is 14.0. The molecule has 1 heterocycles. The van der Waals surface area contributed by atoms with Crippen molar-refractivity contribution in [2.45, 2.75) is 25.9 Å². The van der Waals surface area contributed by atoms with Gasteiger partial charge in [0.25, 0.3) is 0 Å². The highest BCUT2D eigenvalue weighted by Gasteiger charge is 2.34. The van der Waals surface area contributed by atoms with Gasteiger partial charge in [0.05, 0.1) is 18.8 Å². The van der Waals surface area contributed by atoms with Crippen LogP contribution < -0.4 is 4.90 Å². The second-order valence-corrected chi connectivity index (χ2v) is 5.02. The third kappa shape index (κ3) is 3.21. The van der Waals surface area contributed by atoms with Crippen LogP contribution in [0.1, 0.15) is 30.9 Å². The van der Waals surface area contributed by atoms with Crippen molar-refractivity contribution in [1.82, 2.24) is 0 Å². The summed E-state index contributed by atoms with van der Waals surface area (Å²) >= 11 is 0. The molecule has 19 heavy (non-hydrogen) atoms. The van der Waals surface area contributed by atoms with Gasteiger partial charge >= 0.3 is 6.18 Å². The van der Waals surface area contributed by atoms with E-state index in [-0.39, 0.29) is 5.92 Å². The highest BCUT2D eigenvalue weighted by molar-refractivity contribution is 5.52. The number of nitrogens with zero attached hydrogens (tertiary/aromatic N) is 1. The smallest absolute Gasteiger partial charge is 0.378 e. The summed E-state index contributed by atoms with van der Waals surface area (Å²) in [5, 5.41) is 0. The number of anilines is 1. The topological polar surface area (TPSA) is 12.5 Å². The number of rotatable bonds is 2. The van der Waals surface area contributed by atoms with Gasteiger partial charge in [0.1, 0.15) is 0 Å². The van der Waals surface area contributed by atoms with Crippen molar-refractivity contribution in [1.29, 1.82) is 0 Å². The molecule has 0 aromatic heterocycles. The maximum atomic E-state index is 12.9. The van der Waals surface area contributed by atoms with Crippen LogP contribution in [0.25, 0.3) is 0 Å². The van der Waals surface area contributed by atoms with Crippen LogP contribution >= 0.6 is 0 Å². The van der Waals surface area contributed by atoms with E-state index in [0.29, 0.717) is 18.8 Å². The Labute approximate surface area is 111 Å². The van der Waals surface area contributed by atoms with Crippen molar-refractivity contribution in [2.75, 3.05) is 31.2 Å². The molecule has 0 spiro atoms. The van der Waals surface area contributed by atoms with Gasteiger partial charge in [0.2, 0.25) is 0 Å². The SMILES string of the molecule is CC(C)c1cc(N2CCOCC2)ccc1C(F)(F)F. The maximum Gasteiger partial charge on any atom is 0.416 e. The fraction of sp³-hybridized carbons (Fsp3) is 0.571. The molecule has 2 nitrogen and oxygen atoms in total. The van der Waals surface area contributed by atoms with Gasteiger partial charge in [-0.15, -0.1) is 0 Å². The molecule has 106 valence electrons. The predicted octanol–water partition coefficient (Wildman–Crippen LogP) is 3.67. The maximum absolute atomic E-state index is 12.9. The predicted molar refractivity (Wildman–Crippen MR) is 68.6 cm³/mol. The van der Waals surface area contributed by atoms with Crippen molar-refractivity contribution >= 4 is 5.69 Å². The number of ether oxygens (including phenoxy) is 1. The molecule has 1 saturated heterocycles. The highest BCUT2D eigenvalue weighted by atomic mass is 19.4. The number of hydrogen-bond donors (Lipinski definition) is 0. The van der Waals surface area contributed by atoms with E-state index in [2.05, 4.69) is 4.90 Å². The molecular weight excluding hydrogens is 255 g/mol. The van der Waals surface area contributed by atoms with Gasteiger partial charge in [-0.25, -0.2) is 0 Å². The summed E-state index contributed by atoms with van der Waals surface area (Å²) < 4.78 is 44.1. The van der Waals surface area contributed by atoms with Crippen LogP contribution in [0.4, 0.5) is 18.9 Å². The number of benzene rings is 1. The van der Waals surface area contributed by atoms with Crippen molar-refractivity contribution in [2.24, 2.45) is 0 Å². The van der Waals surface area contributed by atoms with Crippen LogP contribution in [0.3, 0.4) is 0 Å². The fourth-order valence-corrected chi connectivity index (χ4v) is 2.30. The van der Waals surface area contributed by atoms with Crippen LogP contribution in [0.15, 0.2) is 18.2 Å². The molecule has 0 aliphatic carbocycles. The first-order valence-electron chi connectivity index (χ1n) is 6.43. The van der Waals surface area contributed by atoms with Crippen molar-refractivity contribution < 1.29 is 17.9 Å². The molecule has 0 unspecified atom stereocenters. The van der Waals surface area contributed by atoms with E-state index in [1.165, 1.54) is 6.07 Å². The molecule has 1 aromatic carbocycles. The zero-order valence-corrected chi connectivity index (χ0v) is 11.1. The summed E-state index contributed by atoms with van der Waals surface area (Å²) in [5.41, 5.74) is 0.677. The molecule has 5 heteroatoms. The van der Waals surface area contributed by atoms with E-state index in [1.54, 1.807) is 26.0 Å². The van der Waals surface area contributed by atoms with Gasteiger partial charge in [-0.1, -0.05) is 13.8 Å².